The Morgan fingerprint density at radius 2 is 1.90 bits per heavy atom. The lowest BCUT2D eigenvalue weighted by molar-refractivity contribution is -0.274. The van der Waals surface area contributed by atoms with Crippen molar-refractivity contribution in [3.63, 3.8) is 0 Å². The molecule has 3 nitrogen and oxygen atoms in total. The minimum absolute atomic E-state index is 0.236. The second-order valence-corrected chi connectivity index (χ2v) is 5.03. The summed E-state index contributed by atoms with van der Waals surface area (Å²) in [7, 11) is 0. The topological polar surface area (TPSA) is 48.1 Å². The standard InChI is InChI=1S/C13H13F3N2OS/c14-13(15,16)19-10-5-3-9(4-6-10)11-8-20-12(18-11)2-1-7-17/h3-6,8H,1-2,7,17H2. The first-order chi connectivity index (χ1) is 9.48. The molecule has 1 heterocycles. The normalized spacial score (nSPS) is 11.6. The van der Waals surface area contributed by atoms with Crippen molar-refractivity contribution in [2.75, 3.05) is 6.54 Å². The molecule has 0 spiro atoms. The monoisotopic (exact) mass is 302 g/mol. The minimum atomic E-state index is -4.67. The van der Waals surface area contributed by atoms with Gasteiger partial charge in [-0.15, -0.1) is 24.5 Å². The molecule has 1 aromatic heterocycles. The van der Waals surface area contributed by atoms with Crippen LogP contribution in [0.1, 0.15) is 11.4 Å². The highest BCUT2D eigenvalue weighted by Gasteiger charge is 2.30. The van der Waals surface area contributed by atoms with Gasteiger partial charge in [-0.3, -0.25) is 0 Å². The highest BCUT2D eigenvalue weighted by molar-refractivity contribution is 7.09. The third-order valence-corrected chi connectivity index (χ3v) is 3.44. The molecule has 108 valence electrons. The lowest BCUT2D eigenvalue weighted by atomic mass is 10.2. The molecule has 0 saturated carbocycles. The Morgan fingerprint density at radius 3 is 2.50 bits per heavy atom. The number of aromatic nitrogens is 1. The zero-order chi connectivity index (χ0) is 14.6. The first-order valence-corrected chi connectivity index (χ1v) is 6.86. The molecule has 1 aromatic carbocycles. The van der Waals surface area contributed by atoms with Crippen molar-refractivity contribution >= 4 is 11.3 Å². The lowest BCUT2D eigenvalue weighted by Gasteiger charge is -2.08. The number of nitrogens with zero attached hydrogens (tertiary/aromatic N) is 1. The van der Waals surface area contributed by atoms with Crippen LogP contribution in [0.25, 0.3) is 11.3 Å². The minimum Gasteiger partial charge on any atom is -0.406 e. The Hall–Kier alpha value is -1.60. The van der Waals surface area contributed by atoms with E-state index in [1.165, 1.54) is 23.5 Å². The molecule has 0 amide bonds. The van der Waals surface area contributed by atoms with E-state index in [-0.39, 0.29) is 5.75 Å². The van der Waals surface area contributed by atoms with Gasteiger partial charge in [-0.1, -0.05) is 0 Å². The summed E-state index contributed by atoms with van der Waals surface area (Å²) in [6, 6.07) is 5.68. The number of hydrogen-bond donors (Lipinski definition) is 1. The molecule has 0 fully saturated rings. The molecule has 2 aromatic rings. The Morgan fingerprint density at radius 1 is 1.20 bits per heavy atom. The molecule has 0 aliphatic carbocycles. The van der Waals surface area contributed by atoms with Gasteiger partial charge >= 0.3 is 6.36 Å². The number of hydrogen-bond acceptors (Lipinski definition) is 4. The smallest absolute Gasteiger partial charge is 0.406 e. The molecule has 0 atom stereocenters. The predicted octanol–water partition coefficient (Wildman–Crippen LogP) is 3.60. The number of rotatable bonds is 5. The molecule has 0 unspecified atom stereocenters. The van der Waals surface area contributed by atoms with E-state index in [4.69, 9.17) is 5.73 Å². The molecule has 2 rings (SSSR count). The third kappa shape index (κ3) is 4.21. The Labute approximate surface area is 118 Å². The number of nitrogens with two attached hydrogens (primary N) is 1. The summed E-state index contributed by atoms with van der Waals surface area (Å²) in [5, 5.41) is 2.85. The van der Waals surface area contributed by atoms with Crippen LogP contribution in [0.15, 0.2) is 29.6 Å². The van der Waals surface area contributed by atoms with Crippen molar-refractivity contribution in [3.05, 3.63) is 34.7 Å². The van der Waals surface area contributed by atoms with Crippen molar-refractivity contribution < 1.29 is 17.9 Å². The Bertz CT molecular complexity index is 551. The van der Waals surface area contributed by atoms with Gasteiger partial charge in [-0.05, 0) is 37.2 Å². The van der Waals surface area contributed by atoms with Crippen LogP contribution in [0.4, 0.5) is 13.2 Å². The van der Waals surface area contributed by atoms with Gasteiger partial charge in [0.15, 0.2) is 0 Å². The van der Waals surface area contributed by atoms with Gasteiger partial charge in [-0.2, -0.15) is 0 Å². The molecule has 0 saturated heterocycles. The van der Waals surface area contributed by atoms with E-state index in [1.807, 2.05) is 5.38 Å². The number of thiazole rings is 1. The molecule has 2 N–H and O–H groups in total. The predicted molar refractivity (Wildman–Crippen MR) is 71.6 cm³/mol. The molecular formula is C13H13F3N2OS. The highest BCUT2D eigenvalue weighted by Crippen LogP contribution is 2.27. The van der Waals surface area contributed by atoms with Crippen LogP contribution < -0.4 is 10.5 Å². The number of ether oxygens (including phenoxy) is 1. The summed E-state index contributed by atoms with van der Waals surface area (Å²) in [5.74, 6) is -0.236. The average molecular weight is 302 g/mol. The lowest BCUT2D eigenvalue weighted by Crippen LogP contribution is -2.16. The van der Waals surface area contributed by atoms with Gasteiger partial charge < -0.3 is 10.5 Å². The fourth-order valence-corrected chi connectivity index (χ4v) is 2.49. The second kappa shape index (κ2) is 6.23. The van der Waals surface area contributed by atoms with Crippen LogP contribution in [-0.4, -0.2) is 17.9 Å². The fraction of sp³-hybridized carbons (Fsp3) is 0.308. The van der Waals surface area contributed by atoms with E-state index in [9.17, 15) is 13.2 Å². The van der Waals surface area contributed by atoms with Crippen LogP contribution in [-0.2, 0) is 6.42 Å². The van der Waals surface area contributed by atoms with Gasteiger partial charge in [0.25, 0.3) is 0 Å². The van der Waals surface area contributed by atoms with Crippen molar-refractivity contribution in [1.29, 1.82) is 0 Å². The van der Waals surface area contributed by atoms with E-state index in [2.05, 4.69) is 9.72 Å². The average Bonchev–Trinajstić information content (AvgIpc) is 2.84. The van der Waals surface area contributed by atoms with E-state index in [1.54, 1.807) is 12.1 Å². The largest absolute Gasteiger partial charge is 0.573 e. The van der Waals surface area contributed by atoms with Crippen LogP contribution in [0.3, 0.4) is 0 Å². The maximum atomic E-state index is 12.0. The zero-order valence-electron chi connectivity index (χ0n) is 10.5. The quantitative estimate of drug-likeness (QED) is 0.918. The third-order valence-electron chi connectivity index (χ3n) is 2.53. The van der Waals surface area contributed by atoms with Gasteiger partial charge in [0.2, 0.25) is 0 Å². The fourth-order valence-electron chi connectivity index (χ4n) is 1.64. The second-order valence-electron chi connectivity index (χ2n) is 4.09. The number of aryl methyl sites for hydroxylation is 1. The van der Waals surface area contributed by atoms with Crippen LogP contribution >= 0.6 is 11.3 Å². The van der Waals surface area contributed by atoms with Crippen LogP contribution in [0, 0.1) is 0 Å². The molecule has 0 aliphatic rings. The van der Waals surface area contributed by atoms with Crippen LogP contribution in [0.5, 0.6) is 5.75 Å². The van der Waals surface area contributed by atoms with E-state index in [0.717, 1.165) is 29.1 Å². The number of alkyl halides is 3. The Balaban J connectivity index is 2.07. The SMILES string of the molecule is NCCCc1nc(-c2ccc(OC(F)(F)F)cc2)cs1. The van der Waals surface area contributed by atoms with Gasteiger partial charge in [0.05, 0.1) is 10.7 Å². The molecule has 20 heavy (non-hydrogen) atoms. The summed E-state index contributed by atoms with van der Waals surface area (Å²) in [5.41, 5.74) is 6.94. The molecule has 0 bridgehead atoms. The summed E-state index contributed by atoms with van der Waals surface area (Å²) >= 11 is 1.52. The van der Waals surface area contributed by atoms with E-state index < -0.39 is 6.36 Å². The van der Waals surface area contributed by atoms with Gasteiger partial charge in [0, 0.05) is 17.4 Å². The van der Waals surface area contributed by atoms with E-state index in [0.29, 0.717) is 6.54 Å². The van der Waals surface area contributed by atoms with Gasteiger partial charge in [-0.25, -0.2) is 4.98 Å². The van der Waals surface area contributed by atoms with Crippen molar-refractivity contribution in [2.45, 2.75) is 19.2 Å². The summed E-state index contributed by atoms with van der Waals surface area (Å²) in [4.78, 5) is 4.42. The van der Waals surface area contributed by atoms with Gasteiger partial charge in [0.1, 0.15) is 5.75 Å². The summed E-state index contributed by atoms with van der Waals surface area (Å²) in [6.45, 7) is 0.610. The first kappa shape index (κ1) is 14.8. The van der Waals surface area contributed by atoms with E-state index >= 15 is 0 Å². The summed E-state index contributed by atoms with van der Waals surface area (Å²) < 4.78 is 39.9. The molecule has 0 radical (unpaired) electrons. The van der Waals surface area contributed by atoms with Crippen LogP contribution in [0.2, 0.25) is 0 Å². The molecular weight excluding hydrogens is 289 g/mol. The maximum Gasteiger partial charge on any atom is 0.573 e. The maximum absolute atomic E-state index is 12.0. The summed E-state index contributed by atoms with van der Waals surface area (Å²) in [6.07, 6.45) is -2.99. The van der Waals surface area contributed by atoms with Crippen molar-refractivity contribution in [1.82, 2.24) is 4.98 Å². The molecule has 7 heteroatoms. The van der Waals surface area contributed by atoms with Crippen molar-refractivity contribution in [2.24, 2.45) is 5.73 Å². The van der Waals surface area contributed by atoms with Crippen molar-refractivity contribution in [3.8, 4) is 17.0 Å². The first-order valence-electron chi connectivity index (χ1n) is 5.98. The highest BCUT2D eigenvalue weighted by atomic mass is 32.1. The molecule has 0 aliphatic heterocycles. The zero-order valence-corrected chi connectivity index (χ0v) is 11.3. The number of benzene rings is 1. The number of halogens is 3. The Kier molecular flexibility index (Phi) is 4.61.